The van der Waals surface area contributed by atoms with Crippen LogP contribution >= 0.6 is 15.9 Å². The summed E-state index contributed by atoms with van der Waals surface area (Å²) in [5.74, 6) is -0.952. The Labute approximate surface area is 93.8 Å². The van der Waals surface area contributed by atoms with Crippen molar-refractivity contribution in [2.75, 3.05) is 0 Å². The molecule has 0 bridgehead atoms. The number of nitrogens with zero attached hydrogens (tertiary/aromatic N) is 3. The highest BCUT2D eigenvalue weighted by molar-refractivity contribution is 9.10. The molecule has 2 aromatic rings. The van der Waals surface area contributed by atoms with Crippen molar-refractivity contribution in [2.45, 2.75) is 13.0 Å². The average molecular weight is 270 g/mol. The molecule has 1 atom stereocenters. The van der Waals surface area contributed by atoms with Crippen molar-refractivity contribution in [1.29, 1.82) is 0 Å². The quantitative estimate of drug-likeness (QED) is 0.904. The summed E-state index contributed by atoms with van der Waals surface area (Å²) in [6, 6.07) is 4.70. The summed E-state index contributed by atoms with van der Waals surface area (Å²) in [6.07, 6.45) is 0. The van der Waals surface area contributed by atoms with Gasteiger partial charge in [0.2, 0.25) is 0 Å². The van der Waals surface area contributed by atoms with E-state index in [0.29, 0.717) is 11.0 Å². The summed E-state index contributed by atoms with van der Waals surface area (Å²) in [5.41, 5.74) is 1.35. The van der Waals surface area contributed by atoms with E-state index in [0.717, 1.165) is 4.47 Å². The molecule has 1 aromatic heterocycles. The zero-order valence-corrected chi connectivity index (χ0v) is 9.47. The summed E-state index contributed by atoms with van der Waals surface area (Å²) in [7, 11) is 0. The van der Waals surface area contributed by atoms with Crippen LogP contribution in [0.4, 0.5) is 0 Å². The molecule has 78 valence electrons. The first-order valence-electron chi connectivity index (χ1n) is 4.33. The molecule has 0 aliphatic heterocycles. The molecular formula is C9H8BrN3O2. The van der Waals surface area contributed by atoms with Gasteiger partial charge in [0.05, 0.1) is 0 Å². The van der Waals surface area contributed by atoms with Gasteiger partial charge in [-0.2, -0.15) is 15.0 Å². The second-order valence-corrected chi connectivity index (χ2v) is 4.00. The van der Waals surface area contributed by atoms with Crippen molar-refractivity contribution in [3.8, 4) is 0 Å². The minimum Gasteiger partial charge on any atom is -0.480 e. The number of hydrogen-bond donors (Lipinski definition) is 1. The number of carboxylic acids is 1. The second-order valence-electron chi connectivity index (χ2n) is 3.14. The van der Waals surface area contributed by atoms with Gasteiger partial charge in [0, 0.05) is 4.47 Å². The zero-order chi connectivity index (χ0) is 11.0. The lowest BCUT2D eigenvalue weighted by Gasteiger charge is -2.02. The lowest BCUT2D eigenvalue weighted by molar-refractivity contribution is -0.140. The molecule has 0 unspecified atom stereocenters. The van der Waals surface area contributed by atoms with Crippen molar-refractivity contribution in [1.82, 2.24) is 15.0 Å². The number of fused-ring (bicyclic) bond motifs is 1. The Hall–Kier alpha value is -1.43. The predicted molar refractivity (Wildman–Crippen MR) is 57.6 cm³/mol. The van der Waals surface area contributed by atoms with Crippen LogP contribution < -0.4 is 0 Å². The van der Waals surface area contributed by atoms with Gasteiger partial charge in [-0.3, -0.25) is 0 Å². The van der Waals surface area contributed by atoms with E-state index >= 15 is 0 Å². The molecule has 0 spiro atoms. The van der Waals surface area contributed by atoms with Crippen LogP contribution in [-0.2, 0) is 4.79 Å². The third kappa shape index (κ3) is 1.72. The van der Waals surface area contributed by atoms with Crippen molar-refractivity contribution < 1.29 is 9.90 Å². The van der Waals surface area contributed by atoms with E-state index < -0.39 is 12.0 Å². The summed E-state index contributed by atoms with van der Waals surface area (Å²) in [6.45, 7) is 1.54. The number of benzene rings is 1. The first kappa shape index (κ1) is 10.1. The van der Waals surface area contributed by atoms with Crippen LogP contribution in [-0.4, -0.2) is 26.1 Å². The first-order valence-corrected chi connectivity index (χ1v) is 5.13. The molecule has 0 fully saturated rings. The van der Waals surface area contributed by atoms with Gasteiger partial charge in [0.1, 0.15) is 11.0 Å². The lowest BCUT2D eigenvalue weighted by Crippen LogP contribution is -2.17. The summed E-state index contributed by atoms with van der Waals surface area (Å²) < 4.78 is 0.809. The number of hydrogen-bond acceptors (Lipinski definition) is 3. The third-order valence-corrected chi connectivity index (χ3v) is 2.72. The van der Waals surface area contributed by atoms with Crippen molar-refractivity contribution >= 4 is 32.9 Å². The Morgan fingerprint density at radius 1 is 1.53 bits per heavy atom. The molecule has 0 aliphatic carbocycles. The molecule has 6 heteroatoms. The smallest absolute Gasteiger partial charge is 0.330 e. The largest absolute Gasteiger partial charge is 0.480 e. The van der Waals surface area contributed by atoms with E-state index in [1.807, 2.05) is 12.1 Å². The number of aliphatic carboxylic acids is 1. The van der Waals surface area contributed by atoms with Crippen molar-refractivity contribution in [3.63, 3.8) is 0 Å². The van der Waals surface area contributed by atoms with E-state index in [2.05, 4.69) is 26.1 Å². The molecule has 2 rings (SSSR count). The second kappa shape index (κ2) is 3.62. The van der Waals surface area contributed by atoms with Gasteiger partial charge in [-0.25, -0.2) is 4.79 Å². The molecule has 1 aromatic carbocycles. The van der Waals surface area contributed by atoms with Crippen LogP contribution in [0.2, 0.25) is 0 Å². The number of aromatic nitrogens is 3. The molecule has 0 saturated heterocycles. The lowest BCUT2D eigenvalue weighted by atomic mass is 10.3. The summed E-state index contributed by atoms with van der Waals surface area (Å²) in [4.78, 5) is 12.0. The Balaban J connectivity index is 2.56. The maximum atomic E-state index is 10.7. The zero-order valence-electron chi connectivity index (χ0n) is 7.88. The SMILES string of the molecule is C[C@H](C(=O)O)n1nc2cccc(Br)c2n1. The first-order chi connectivity index (χ1) is 7.09. The van der Waals surface area contributed by atoms with Gasteiger partial charge in [0.25, 0.3) is 0 Å². The fourth-order valence-corrected chi connectivity index (χ4v) is 1.63. The van der Waals surface area contributed by atoms with Crippen LogP contribution in [0.5, 0.6) is 0 Å². The van der Waals surface area contributed by atoms with E-state index in [9.17, 15) is 4.79 Å². The number of rotatable bonds is 2. The maximum absolute atomic E-state index is 10.7. The third-order valence-electron chi connectivity index (χ3n) is 2.08. The fourth-order valence-electron chi connectivity index (χ4n) is 1.19. The number of carboxylic acid groups (broad SMARTS) is 1. The minimum atomic E-state index is -0.952. The van der Waals surface area contributed by atoms with Gasteiger partial charge in [-0.05, 0) is 35.0 Å². The highest BCUT2D eigenvalue weighted by Gasteiger charge is 2.16. The number of halogens is 1. The molecule has 5 nitrogen and oxygen atoms in total. The van der Waals surface area contributed by atoms with Gasteiger partial charge in [-0.1, -0.05) is 6.07 Å². The Morgan fingerprint density at radius 3 is 2.87 bits per heavy atom. The Kier molecular flexibility index (Phi) is 2.44. The number of carbonyl (C=O) groups is 1. The predicted octanol–water partition coefficient (Wildman–Crippen LogP) is 1.84. The van der Waals surface area contributed by atoms with Crippen LogP contribution in [0.3, 0.4) is 0 Å². The van der Waals surface area contributed by atoms with E-state index in [1.165, 1.54) is 11.7 Å². The highest BCUT2D eigenvalue weighted by atomic mass is 79.9. The van der Waals surface area contributed by atoms with Crippen LogP contribution in [0.1, 0.15) is 13.0 Å². The molecule has 0 saturated carbocycles. The van der Waals surface area contributed by atoms with Gasteiger partial charge in [0.15, 0.2) is 6.04 Å². The van der Waals surface area contributed by atoms with Gasteiger partial charge < -0.3 is 5.11 Å². The minimum absolute atomic E-state index is 0.672. The van der Waals surface area contributed by atoms with E-state index in [-0.39, 0.29) is 0 Å². The fraction of sp³-hybridized carbons (Fsp3) is 0.222. The molecule has 1 heterocycles. The summed E-state index contributed by atoms with van der Waals surface area (Å²) >= 11 is 3.33. The normalized spacial score (nSPS) is 12.9. The van der Waals surface area contributed by atoms with Crippen molar-refractivity contribution in [2.24, 2.45) is 0 Å². The van der Waals surface area contributed by atoms with E-state index in [1.54, 1.807) is 6.07 Å². The average Bonchev–Trinajstić information content (AvgIpc) is 2.61. The van der Waals surface area contributed by atoms with Crippen LogP contribution in [0.25, 0.3) is 11.0 Å². The van der Waals surface area contributed by atoms with Crippen molar-refractivity contribution in [3.05, 3.63) is 22.7 Å². The molecule has 0 radical (unpaired) electrons. The molecule has 0 amide bonds. The Bertz CT molecular complexity index is 523. The molecular weight excluding hydrogens is 262 g/mol. The molecule has 1 N–H and O–H groups in total. The van der Waals surface area contributed by atoms with Crippen LogP contribution in [0.15, 0.2) is 22.7 Å². The topological polar surface area (TPSA) is 68.0 Å². The molecule has 0 aliphatic rings. The monoisotopic (exact) mass is 269 g/mol. The van der Waals surface area contributed by atoms with Gasteiger partial charge in [-0.15, -0.1) is 0 Å². The maximum Gasteiger partial charge on any atom is 0.330 e. The standard InChI is InChI=1S/C9H8BrN3O2/c1-5(9(14)15)13-11-7-4-2-3-6(10)8(7)12-13/h2-5H,1H3,(H,14,15)/t5-/m1/s1. The molecule has 15 heavy (non-hydrogen) atoms. The summed E-state index contributed by atoms with van der Waals surface area (Å²) in [5, 5.41) is 17.0. The van der Waals surface area contributed by atoms with Gasteiger partial charge >= 0.3 is 5.97 Å². The van der Waals surface area contributed by atoms with E-state index in [4.69, 9.17) is 5.11 Å². The Morgan fingerprint density at radius 2 is 2.27 bits per heavy atom. The van der Waals surface area contributed by atoms with Crippen LogP contribution in [0, 0.1) is 0 Å². The highest BCUT2D eigenvalue weighted by Crippen LogP contribution is 2.21.